The summed E-state index contributed by atoms with van der Waals surface area (Å²) < 4.78 is 0. The lowest BCUT2D eigenvalue weighted by Gasteiger charge is -2.18. The minimum atomic E-state index is -0.804. The minimum absolute atomic E-state index is 0.0347. The van der Waals surface area contributed by atoms with Gasteiger partial charge in [-0.15, -0.1) is 0 Å². The van der Waals surface area contributed by atoms with E-state index in [0.29, 0.717) is 5.56 Å². The average Bonchev–Trinajstić information content (AvgIpc) is 3.03. The second-order valence-corrected chi connectivity index (χ2v) is 6.36. The third kappa shape index (κ3) is 3.28. The van der Waals surface area contributed by atoms with E-state index in [9.17, 15) is 5.11 Å². The normalized spacial score (nSPS) is 17.0. The molecule has 3 aromatic carbocycles. The number of nitrogens with one attached hydrogen (secondary N) is 3. The fourth-order valence-electron chi connectivity index (χ4n) is 3.26. The molecule has 0 amide bonds. The number of hydrogen-bond acceptors (Lipinski definition) is 4. The van der Waals surface area contributed by atoms with Gasteiger partial charge < -0.3 is 21.5 Å². The molecule has 0 spiro atoms. The zero-order valence-corrected chi connectivity index (χ0v) is 14.6. The van der Waals surface area contributed by atoms with Crippen LogP contribution >= 0.6 is 0 Å². The molecular weight excluding hydrogens is 336 g/mol. The number of nitrogens with two attached hydrogens (primary N) is 1. The average molecular weight is 356 g/mol. The Hall–Kier alpha value is -3.57. The Morgan fingerprint density at radius 1 is 0.889 bits per heavy atom. The van der Waals surface area contributed by atoms with E-state index in [1.165, 1.54) is 0 Å². The van der Waals surface area contributed by atoms with Crippen molar-refractivity contribution in [3.63, 3.8) is 0 Å². The highest BCUT2D eigenvalue weighted by molar-refractivity contribution is 6.03. The van der Waals surface area contributed by atoms with Gasteiger partial charge in [-0.2, -0.15) is 0 Å². The number of para-hydroxylation sites is 1. The molecule has 0 saturated carbocycles. The third-order valence-corrected chi connectivity index (χ3v) is 4.58. The van der Waals surface area contributed by atoms with Crippen LogP contribution in [0.3, 0.4) is 0 Å². The Balaban J connectivity index is 1.82. The number of anilines is 2. The van der Waals surface area contributed by atoms with Crippen molar-refractivity contribution in [2.45, 2.75) is 6.23 Å². The topological polar surface area (TPSA) is 94.2 Å². The molecule has 0 bridgehead atoms. The van der Waals surface area contributed by atoms with Crippen molar-refractivity contribution < 1.29 is 5.11 Å². The Morgan fingerprint density at radius 3 is 2.26 bits per heavy atom. The standard InChI is InChI=1S/C22H20N4O/c23-21(24)15-10-12-16(13-11-15)25-20(14-6-2-1-3-7-14)19-17-8-4-5-9-18(17)26-22(19)27/h1-13,22,25-27H,(H3,23,24)/b20-19-. The first-order valence-electron chi connectivity index (χ1n) is 8.68. The molecule has 6 N–H and O–H groups in total. The van der Waals surface area contributed by atoms with Gasteiger partial charge >= 0.3 is 0 Å². The molecule has 5 nitrogen and oxygen atoms in total. The molecule has 3 aromatic rings. The van der Waals surface area contributed by atoms with Crippen molar-refractivity contribution in [1.29, 1.82) is 5.41 Å². The SMILES string of the molecule is N=C(N)c1ccc(N/C(=C2/c3ccccc3NC2O)c2ccccc2)cc1. The Morgan fingerprint density at radius 2 is 1.56 bits per heavy atom. The van der Waals surface area contributed by atoms with Crippen molar-refractivity contribution >= 4 is 28.5 Å². The summed E-state index contributed by atoms with van der Waals surface area (Å²) in [5.41, 5.74) is 11.5. The lowest BCUT2D eigenvalue weighted by atomic mass is 9.99. The highest BCUT2D eigenvalue weighted by atomic mass is 16.3. The monoisotopic (exact) mass is 356 g/mol. The first-order valence-corrected chi connectivity index (χ1v) is 8.68. The van der Waals surface area contributed by atoms with Gasteiger partial charge in [0.05, 0.1) is 5.70 Å². The molecule has 0 aliphatic carbocycles. The van der Waals surface area contributed by atoms with Gasteiger partial charge in [0.25, 0.3) is 0 Å². The molecule has 0 saturated heterocycles. The van der Waals surface area contributed by atoms with Crippen LogP contribution in [0.4, 0.5) is 11.4 Å². The van der Waals surface area contributed by atoms with Gasteiger partial charge in [0, 0.05) is 28.1 Å². The molecule has 1 unspecified atom stereocenters. The molecule has 1 aliphatic rings. The predicted molar refractivity (Wildman–Crippen MR) is 110 cm³/mol. The van der Waals surface area contributed by atoms with Crippen molar-refractivity contribution in [3.05, 3.63) is 95.6 Å². The molecule has 4 rings (SSSR count). The summed E-state index contributed by atoms with van der Waals surface area (Å²) in [6, 6.07) is 25.1. The number of amidine groups is 1. The largest absolute Gasteiger partial charge is 0.384 e. The number of aliphatic hydroxyl groups is 1. The number of fused-ring (bicyclic) bond motifs is 1. The highest BCUT2D eigenvalue weighted by Crippen LogP contribution is 2.39. The minimum Gasteiger partial charge on any atom is -0.384 e. The fourth-order valence-corrected chi connectivity index (χ4v) is 3.26. The summed E-state index contributed by atoms with van der Waals surface area (Å²) in [4.78, 5) is 0. The Bertz CT molecular complexity index is 1010. The second-order valence-electron chi connectivity index (χ2n) is 6.36. The van der Waals surface area contributed by atoms with Crippen LogP contribution in [0.15, 0.2) is 78.9 Å². The number of nitrogen functional groups attached to an aromatic ring is 1. The van der Waals surface area contributed by atoms with Crippen molar-refractivity contribution in [2.24, 2.45) is 5.73 Å². The van der Waals surface area contributed by atoms with Gasteiger partial charge in [-0.05, 0) is 35.9 Å². The van der Waals surface area contributed by atoms with Crippen LogP contribution in [0.25, 0.3) is 11.3 Å². The third-order valence-electron chi connectivity index (χ3n) is 4.58. The molecule has 134 valence electrons. The van der Waals surface area contributed by atoms with Crippen LogP contribution < -0.4 is 16.4 Å². The number of aliphatic hydroxyl groups excluding tert-OH is 1. The molecule has 1 aliphatic heterocycles. The van der Waals surface area contributed by atoms with Crippen molar-refractivity contribution in [1.82, 2.24) is 0 Å². The summed E-state index contributed by atoms with van der Waals surface area (Å²) in [7, 11) is 0. The maximum atomic E-state index is 10.7. The molecule has 1 heterocycles. The van der Waals surface area contributed by atoms with Crippen LogP contribution in [0.1, 0.15) is 16.7 Å². The first-order chi connectivity index (χ1) is 13.1. The van der Waals surface area contributed by atoms with Crippen molar-refractivity contribution in [2.75, 3.05) is 10.6 Å². The van der Waals surface area contributed by atoms with Crippen LogP contribution in [0.5, 0.6) is 0 Å². The number of hydrogen-bond donors (Lipinski definition) is 5. The summed E-state index contributed by atoms with van der Waals surface area (Å²) >= 11 is 0. The second kappa shape index (κ2) is 6.97. The van der Waals surface area contributed by atoms with Gasteiger partial charge in [0.1, 0.15) is 5.84 Å². The van der Waals surface area contributed by atoms with Crippen LogP contribution in [0.2, 0.25) is 0 Å². The number of rotatable bonds is 4. The maximum absolute atomic E-state index is 10.7. The smallest absolute Gasteiger partial charge is 0.153 e. The molecule has 0 radical (unpaired) electrons. The fraction of sp³-hybridized carbons (Fsp3) is 0.0455. The predicted octanol–water partition coefficient (Wildman–Crippen LogP) is 3.69. The van der Waals surface area contributed by atoms with Crippen LogP contribution in [-0.4, -0.2) is 17.2 Å². The van der Waals surface area contributed by atoms with E-state index in [0.717, 1.165) is 33.8 Å². The van der Waals surface area contributed by atoms with E-state index in [1.807, 2.05) is 66.7 Å². The van der Waals surface area contributed by atoms with E-state index in [2.05, 4.69) is 10.6 Å². The molecule has 0 fully saturated rings. The maximum Gasteiger partial charge on any atom is 0.153 e. The Labute approximate surface area is 157 Å². The van der Waals surface area contributed by atoms with Gasteiger partial charge in [-0.1, -0.05) is 48.5 Å². The Kier molecular flexibility index (Phi) is 4.36. The van der Waals surface area contributed by atoms with Gasteiger partial charge in [0.15, 0.2) is 6.23 Å². The lowest BCUT2D eigenvalue weighted by molar-refractivity contribution is 0.266. The summed E-state index contributed by atoms with van der Waals surface area (Å²) in [6.45, 7) is 0. The molecular formula is C22H20N4O. The van der Waals surface area contributed by atoms with E-state index in [-0.39, 0.29) is 5.84 Å². The van der Waals surface area contributed by atoms with Crippen molar-refractivity contribution in [3.8, 4) is 0 Å². The summed E-state index contributed by atoms with van der Waals surface area (Å²) in [5.74, 6) is 0.0347. The van der Waals surface area contributed by atoms with Gasteiger partial charge in [0.2, 0.25) is 0 Å². The highest BCUT2D eigenvalue weighted by Gasteiger charge is 2.28. The van der Waals surface area contributed by atoms with Crippen LogP contribution in [-0.2, 0) is 0 Å². The molecule has 5 heteroatoms. The van der Waals surface area contributed by atoms with Gasteiger partial charge in [-0.25, -0.2) is 0 Å². The summed E-state index contributed by atoms with van der Waals surface area (Å²) in [5, 5.41) is 24.8. The van der Waals surface area contributed by atoms with E-state index in [1.54, 1.807) is 12.1 Å². The zero-order valence-electron chi connectivity index (χ0n) is 14.6. The molecule has 27 heavy (non-hydrogen) atoms. The molecule has 1 atom stereocenters. The first kappa shape index (κ1) is 16.9. The number of benzene rings is 3. The van der Waals surface area contributed by atoms with Crippen LogP contribution in [0, 0.1) is 5.41 Å². The summed E-state index contributed by atoms with van der Waals surface area (Å²) in [6.07, 6.45) is -0.804. The van der Waals surface area contributed by atoms with E-state index < -0.39 is 6.23 Å². The van der Waals surface area contributed by atoms with Gasteiger partial charge in [-0.3, -0.25) is 5.41 Å². The quantitative estimate of drug-likeness (QED) is 0.364. The van der Waals surface area contributed by atoms with E-state index in [4.69, 9.17) is 11.1 Å². The zero-order chi connectivity index (χ0) is 18.8. The molecule has 0 aromatic heterocycles. The van der Waals surface area contributed by atoms with E-state index >= 15 is 0 Å². The lowest BCUT2D eigenvalue weighted by Crippen LogP contribution is -2.16.